The molecule has 9 nitrogen and oxygen atoms in total. The Labute approximate surface area is 166 Å². The molecule has 0 aliphatic carbocycles. The summed E-state index contributed by atoms with van der Waals surface area (Å²) in [6.07, 6.45) is 0. The second-order valence-corrected chi connectivity index (χ2v) is 7.62. The molecule has 1 aromatic heterocycles. The third kappa shape index (κ3) is 5.30. The fraction of sp³-hybridized carbons (Fsp3) is 0.737. The maximum Gasteiger partial charge on any atom is 0.239 e. The van der Waals surface area contributed by atoms with Crippen LogP contribution < -0.4 is 5.32 Å². The number of aromatic nitrogens is 1. The van der Waals surface area contributed by atoms with Gasteiger partial charge in [0.15, 0.2) is 5.82 Å². The molecule has 2 aliphatic heterocycles. The normalized spacial score (nSPS) is 20.9. The molecule has 3 rings (SSSR count). The van der Waals surface area contributed by atoms with Crippen molar-refractivity contribution in [3.8, 4) is 0 Å². The van der Waals surface area contributed by atoms with Crippen molar-refractivity contribution >= 4 is 17.6 Å². The van der Waals surface area contributed by atoms with E-state index in [0.29, 0.717) is 18.1 Å². The lowest BCUT2D eigenvalue weighted by atomic mass is 10.2. The van der Waals surface area contributed by atoms with Crippen molar-refractivity contribution < 1.29 is 14.1 Å². The van der Waals surface area contributed by atoms with Gasteiger partial charge in [0.1, 0.15) is 5.76 Å². The molecule has 0 bridgehead atoms. The molecule has 0 radical (unpaired) electrons. The van der Waals surface area contributed by atoms with Crippen molar-refractivity contribution in [3.63, 3.8) is 0 Å². The van der Waals surface area contributed by atoms with Gasteiger partial charge >= 0.3 is 0 Å². The molecule has 2 saturated heterocycles. The van der Waals surface area contributed by atoms with Crippen molar-refractivity contribution in [2.24, 2.45) is 0 Å². The number of rotatable bonds is 6. The number of aryl methyl sites for hydroxylation is 1. The topological polar surface area (TPSA) is 85.2 Å². The molecule has 9 heteroatoms. The van der Waals surface area contributed by atoms with E-state index < -0.39 is 0 Å². The Bertz CT molecular complexity index is 662. The largest absolute Gasteiger partial charge is 0.360 e. The predicted molar refractivity (Wildman–Crippen MR) is 106 cm³/mol. The third-order valence-electron chi connectivity index (χ3n) is 5.71. The van der Waals surface area contributed by atoms with Crippen LogP contribution in [0.3, 0.4) is 0 Å². The molecule has 0 saturated carbocycles. The van der Waals surface area contributed by atoms with Crippen molar-refractivity contribution in [2.75, 3.05) is 70.8 Å². The average molecular weight is 393 g/mol. The van der Waals surface area contributed by atoms with Crippen molar-refractivity contribution in [3.05, 3.63) is 11.8 Å². The van der Waals surface area contributed by atoms with E-state index in [1.54, 1.807) is 13.0 Å². The number of anilines is 1. The Morgan fingerprint density at radius 2 is 1.75 bits per heavy atom. The number of nitrogens with zero attached hydrogens (tertiary/aromatic N) is 5. The number of carbonyl (C=O) groups is 2. The maximum absolute atomic E-state index is 12.8. The van der Waals surface area contributed by atoms with Gasteiger partial charge in [-0.3, -0.25) is 19.4 Å². The molecule has 1 aromatic rings. The van der Waals surface area contributed by atoms with E-state index in [-0.39, 0.29) is 17.9 Å². The molecule has 2 amide bonds. The predicted octanol–water partition coefficient (Wildman–Crippen LogP) is 0.0917. The maximum atomic E-state index is 12.8. The summed E-state index contributed by atoms with van der Waals surface area (Å²) < 4.78 is 4.96. The summed E-state index contributed by atoms with van der Waals surface area (Å²) in [5.41, 5.74) is 0. The molecule has 0 spiro atoms. The van der Waals surface area contributed by atoms with Gasteiger partial charge in [0.25, 0.3) is 0 Å². The lowest BCUT2D eigenvalue weighted by molar-refractivity contribution is -0.139. The molecule has 2 aliphatic rings. The summed E-state index contributed by atoms with van der Waals surface area (Å²) in [6, 6.07) is 1.59. The fourth-order valence-electron chi connectivity index (χ4n) is 3.82. The highest BCUT2D eigenvalue weighted by Crippen LogP contribution is 2.12. The Hall–Kier alpha value is -1.97. The monoisotopic (exact) mass is 392 g/mol. The minimum Gasteiger partial charge on any atom is -0.360 e. The van der Waals surface area contributed by atoms with Gasteiger partial charge in [-0.1, -0.05) is 12.1 Å². The van der Waals surface area contributed by atoms with E-state index >= 15 is 0 Å². The highest BCUT2D eigenvalue weighted by Gasteiger charge is 2.30. The molecule has 156 valence electrons. The minimum absolute atomic E-state index is 0.0975. The number of amides is 2. The van der Waals surface area contributed by atoms with E-state index in [4.69, 9.17) is 4.52 Å². The van der Waals surface area contributed by atoms with Crippen molar-refractivity contribution in [2.45, 2.75) is 26.8 Å². The molecule has 1 N–H and O–H groups in total. The quantitative estimate of drug-likeness (QED) is 0.734. The first-order valence-electron chi connectivity index (χ1n) is 10.2. The zero-order valence-electron chi connectivity index (χ0n) is 17.2. The van der Waals surface area contributed by atoms with E-state index in [1.807, 2.05) is 11.8 Å². The SMILES string of the molecule is CCN1CCN(C(=O)C(C)N2CCN(CC(=O)Nc3cc(C)on3)CC2)CC1. The second kappa shape index (κ2) is 9.49. The summed E-state index contributed by atoms with van der Waals surface area (Å²) in [6.45, 7) is 14.0. The van der Waals surface area contributed by atoms with Gasteiger partial charge in [-0.15, -0.1) is 0 Å². The van der Waals surface area contributed by atoms with E-state index in [1.165, 1.54) is 0 Å². The average Bonchev–Trinajstić information content (AvgIpc) is 3.12. The van der Waals surface area contributed by atoms with Gasteiger partial charge in [0.2, 0.25) is 11.8 Å². The number of piperazine rings is 2. The molecular weight excluding hydrogens is 360 g/mol. The van der Waals surface area contributed by atoms with E-state index in [2.05, 4.69) is 32.1 Å². The molecule has 2 fully saturated rings. The van der Waals surface area contributed by atoms with Crippen LogP contribution >= 0.6 is 0 Å². The van der Waals surface area contributed by atoms with E-state index in [0.717, 1.165) is 58.9 Å². The second-order valence-electron chi connectivity index (χ2n) is 7.62. The zero-order chi connectivity index (χ0) is 20.1. The fourth-order valence-corrected chi connectivity index (χ4v) is 3.82. The first-order valence-corrected chi connectivity index (χ1v) is 10.2. The van der Waals surface area contributed by atoms with Crippen molar-refractivity contribution in [1.29, 1.82) is 0 Å². The number of hydrogen-bond donors (Lipinski definition) is 1. The summed E-state index contributed by atoms with van der Waals surface area (Å²) in [5.74, 6) is 1.24. The van der Waals surface area contributed by atoms with Crippen LogP contribution in [0, 0.1) is 6.92 Å². The van der Waals surface area contributed by atoms with Gasteiger partial charge in [-0.25, -0.2) is 0 Å². The van der Waals surface area contributed by atoms with E-state index in [9.17, 15) is 9.59 Å². The third-order valence-corrected chi connectivity index (χ3v) is 5.71. The van der Waals surface area contributed by atoms with Crippen molar-refractivity contribution in [1.82, 2.24) is 24.8 Å². The number of hydrogen-bond acceptors (Lipinski definition) is 7. The van der Waals surface area contributed by atoms with Crippen LogP contribution in [-0.2, 0) is 9.59 Å². The molecular formula is C19H32N6O3. The lowest BCUT2D eigenvalue weighted by Crippen LogP contribution is -2.57. The Morgan fingerprint density at radius 3 is 2.32 bits per heavy atom. The summed E-state index contributed by atoms with van der Waals surface area (Å²) >= 11 is 0. The number of carbonyl (C=O) groups excluding carboxylic acids is 2. The van der Waals surface area contributed by atoms with Gasteiger partial charge in [-0.05, 0) is 20.4 Å². The molecule has 28 heavy (non-hydrogen) atoms. The molecule has 0 aromatic carbocycles. The summed E-state index contributed by atoms with van der Waals surface area (Å²) in [7, 11) is 0. The Kier molecular flexibility index (Phi) is 7.03. The molecule has 1 unspecified atom stereocenters. The highest BCUT2D eigenvalue weighted by molar-refractivity contribution is 5.91. The molecule has 1 atom stereocenters. The minimum atomic E-state index is -0.109. The smallest absolute Gasteiger partial charge is 0.239 e. The summed E-state index contributed by atoms with van der Waals surface area (Å²) in [4.78, 5) is 33.7. The van der Waals surface area contributed by atoms with Crippen LogP contribution in [-0.4, -0.2) is 108 Å². The Morgan fingerprint density at radius 1 is 1.11 bits per heavy atom. The van der Waals surface area contributed by atoms with Crippen LogP contribution in [0.15, 0.2) is 10.6 Å². The zero-order valence-corrected chi connectivity index (χ0v) is 17.2. The lowest BCUT2D eigenvalue weighted by Gasteiger charge is -2.40. The standard InChI is InChI=1S/C19H32N6O3/c1-4-22-5-11-25(12-6-22)19(27)16(3)24-9-7-23(8-10-24)14-18(26)20-17-13-15(2)28-21-17/h13,16H,4-12,14H2,1-3H3,(H,20,21,26). The van der Waals surface area contributed by atoms with Crippen LogP contribution in [0.4, 0.5) is 5.82 Å². The van der Waals surface area contributed by atoms with Gasteiger partial charge in [0.05, 0.1) is 12.6 Å². The highest BCUT2D eigenvalue weighted by atomic mass is 16.5. The number of likely N-dealkylation sites (N-methyl/N-ethyl adjacent to an activating group) is 1. The van der Waals surface area contributed by atoms with Crippen LogP contribution in [0.5, 0.6) is 0 Å². The van der Waals surface area contributed by atoms with Gasteiger partial charge < -0.3 is 19.6 Å². The van der Waals surface area contributed by atoms with Crippen LogP contribution in [0.25, 0.3) is 0 Å². The van der Waals surface area contributed by atoms with Crippen LogP contribution in [0.2, 0.25) is 0 Å². The van der Waals surface area contributed by atoms with Crippen LogP contribution in [0.1, 0.15) is 19.6 Å². The van der Waals surface area contributed by atoms with Gasteiger partial charge in [-0.2, -0.15) is 0 Å². The first-order chi connectivity index (χ1) is 13.5. The summed E-state index contributed by atoms with van der Waals surface area (Å²) in [5, 5.41) is 6.53. The first kappa shape index (κ1) is 20.8. The Balaban J connectivity index is 1.40. The molecule has 3 heterocycles. The van der Waals surface area contributed by atoms with Gasteiger partial charge in [0, 0.05) is 58.4 Å². The number of nitrogens with one attached hydrogen (secondary N) is 1.